The maximum atomic E-state index is 4.32. The van der Waals surface area contributed by atoms with Crippen LogP contribution in [0.5, 0.6) is 0 Å². The molecule has 0 atom stereocenters. The Hall–Kier alpha value is -0.810. The van der Waals surface area contributed by atoms with Gasteiger partial charge in [0.15, 0.2) is 11.7 Å². The smallest absolute Gasteiger partial charge is 0.198 e. The fraction of sp³-hybridized carbons (Fsp3) is 0.900. The van der Waals surface area contributed by atoms with E-state index >= 15 is 0 Å². The van der Waals surface area contributed by atoms with Crippen LogP contribution in [0.2, 0.25) is 0 Å². The maximum Gasteiger partial charge on any atom is 0.198 e. The van der Waals surface area contributed by atoms with E-state index in [0.29, 0.717) is 0 Å². The molecular formula is C10H23N5. The summed E-state index contributed by atoms with van der Waals surface area (Å²) in [5, 5.41) is 0. The average molecular weight is 213 g/mol. The Morgan fingerprint density at radius 2 is 1.60 bits per heavy atom. The molecule has 1 aliphatic rings. The standard InChI is InChI=1S/C10H23N5/c1-11-9-14(6)8-10(12(2)3,13(4)5)15(9)7/h8H2,1-7H3. The molecule has 15 heavy (non-hydrogen) atoms. The number of guanidine groups is 1. The quantitative estimate of drug-likeness (QED) is 0.584. The minimum atomic E-state index is -0.108. The van der Waals surface area contributed by atoms with Gasteiger partial charge in [0.05, 0.1) is 6.54 Å². The van der Waals surface area contributed by atoms with Crippen molar-refractivity contribution in [2.45, 2.75) is 5.79 Å². The van der Waals surface area contributed by atoms with Crippen LogP contribution in [0.3, 0.4) is 0 Å². The van der Waals surface area contributed by atoms with Gasteiger partial charge in [0.2, 0.25) is 0 Å². The van der Waals surface area contributed by atoms with E-state index in [1.54, 1.807) is 0 Å². The van der Waals surface area contributed by atoms with Crippen molar-refractivity contribution < 1.29 is 0 Å². The Morgan fingerprint density at radius 1 is 1.13 bits per heavy atom. The molecule has 0 bridgehead atoms. The molecule has 0 radical (unpaired) electrons. The van der Waals surface area contributed by atoms with Gasteiger partial charge in [-0.2, -0.15) is 0 Å². The predicted octanol–water partition coefficient (Wildman–Crippen LogP) is -0.374. The lowest BCUT2D eigenvalue weighted by molar-refractivity contribution is -0.0695. The summed E-state index contributed by atoms with van der Waals surface area (Å²) in [6, 6.07) is 0. The summed E-state index contributed by atoms with van der Waals surface area (Å²) >= 11 is 0. The van der Waals surface area contributed by atoms with Gasteiger partial charge < -0.3 is 9.80 Å². The molecule has 88 valence electrons. The highest BCUT2D eigenvalue weighted by Crippen LogP contribution is 2.27. The zero-order valence-corrected chi connectivity index (χ0v) is 10.9. The summed E-state index contributed by atoms with van der Waals surface area (Å²) in [5.74, 6) is 0.918. The van der Waals surface area contributed by atoms with E-state index in [1.165, 1.54) is 0 Å². The molecule has 0 aromatic rings. The molecule has 0 saturated carbocycles. The van der Waals surface area contributed by atoms with Gasteiger partial charge in [-0.05, 0) is 28.2 Å². The second-order valence-corrected chi connectivity index (χ2v) is 4.50. The van der Waals surface area contributed by atoms with Crippen LogP contribution >= 0.6 is 0 Å². The summed E-state index contributed by atoms with van der Waals surface area (Å²) in [6.45, 7) is 0.927. The van der Waals surface area contributed by atoms with Crippen molar-refractivity contribution in [1.82, 2.24) is 19.6 Å². The van der Waals surface area contributed by atoms with Crippen molar-refractivity contribution in [3.63, 3.8) is 0 Å². The Morgan fingerprint density at radius 3 is 1.80 bits per heavy atom. The van der Waals surface area contributed by atoms with Crippen molar-refractivity contribution >= 4 is 5.96 Å². The van der Waals surface area contributed by atoms with Crippen LogP contribution in [0.1, 0.15) is 0 Å². The fourth-order valence-electron chi connectivity index (χ4n) is 2.51. The molecule has 0 aliphatic carbocycles. The Labute approximate surface area is 93.0 Å². The molecule has 0 spiro atoms. The summed E-state index contributed by atoms with van der Waals surface area (Å²) in [4.78, 5) is 13.2. The third-order valence-electron chi connectivity index (χ3n) is 3.26. The molecule has 0 unspecified atom stereocenters. The molecular weight excluding hydrogens is 190 g/mol. The van der Waals surface area contributed by atoms with Crippen molar-refractivity contribution in [1.29, 1.82) is 0 Å². The number of rotatable bonds is 2. The molecule has 1 saturated heterocycles. The minimum Gasteiger partial charge on any atom is -0.341 e. The van der Waals surface area contributed by atoms with Crippen LogP contribution in [0.4, 0.5) is 0 Å². The van der Waals surface area contributed by atoms with Crippen LogP contribution in [0.15, 0.2) is 4.99 Å². The first-order chi connectivity index (χ1) is 6.87. The van der Waals surface area contributed by atoms with Crippen LogP contribution in [0.25, 0.3) is 0 Å². The first kappa shape index (κ1) is 12.3. The molecule has 0 aromatic carbocycles. The summed E-state index contributed by atoms with van der Waals surface area (Å²) in [7, 11) is 14.4. The van der Waals surface area contributed by atoms with Gasteiger partial charge in [-0.25, -0.2) is 0 Å². The Kier molecular flexibility index (Phi) is 3.25. The SMILES string of the molecule is CN=C1N(C)CC(N(C)C)(N(C)C)N1C. The molecule has 1 fully saturated rings. The van der Waals surface area contributed by atoms with E-state index in [9.17, 15) is 0 Å². The molecule has 1 aliphatic heterocycles. The van der Waals surface area contributed by atoms with Gasteiger partial charge in [0, 0.05) is 21.1 Å². The molecule has 0 N–H and O–H groups in total. The van der Waals surface area contributed by atoms with Gasteiger partial charge in [-0.3, -0.25) is 14.8 Å². The van der Waals surface area contributed by atoms with Gasteiger partial charge in [0.1, 0.15) is 0 Å². The largest absolute Gasteiger partial charge is 0.341 e. The highest BCUT2D eigenvalue weighted by molar-refractivity contribution is 5.82. The lowest BCUT2D eigenvalue weighted by Gasteiger charge is -2.45. The fourth-order valence-corrected chi connectivity index (χ4v) is 2.51. The highest BCUT2D eigenvalue weighted by atomic mass is 15.6. The second kappa shape index (κ2) is 3.98. The summed E-state index contributed by atoms with van der Waals surface area (Å²) in [6.07, 6.45) is 0. The van der Waals surface area contributed by atoms with E-state index in [1.807, 2.05) is 7.05 Å². The second-order valence-electron chi connectivity index (χ2n) is 4.50. The Bertz CT molecular complexity index is 251. The molecule has 5 nitrogen and oxygen atoms in total. The van der Waals surface area contributed by atoms with Crippen molar-refractivity contribution in [3.05, 3.63) is 0 Å². The topological polar surface area (TPSA) is 25.3 Å². The van der Waals surface area contributed by atoms with Crippen LogP contribution in [0, 0.1) is 0 Å². The molecule has 1 rings (SSSR count). The molecule has 1 heterocycles. The number of aliphatic imine (C=N–C) groups is 1. The van der Waals surface area contributed by atoms with Gasteiger partial charge >= 0.3 is 0 Å². The van der Waals surface area contributed by atoms with Crippen molar-refractivity contribution in [2.24, 2.45) is 4.99 Å². The average Bonchev–Trinajstić information content (AvgIpc) is 2.38. The number of likely N-dealkylation sites (N-methyl/N-ethyl adjacent to an activating group) is 4. The third-order valence-corrected chi connectivity index (χ3v) is 3.26. The van der Waals surface area contributed by atoms with Gasteiger partial charge in [-0.1, -0.05) is 0 Å². The van der Waals surface area contributed by atoms with Crippen molar-refractivity contribution in [3.8, 4) is 0 Å². The number of hydrogen-bond donors (Lipinski definition) is 0. The van der Waals surface area contributed by atoms with Crippen LogP contribution < -0.4 is 0 Å². The van der Waals surface area contributed by atoms with Gasteiger partial charge in [0.25, 0.3) is 0 Å². The zero-order valence-electron chi connectivity index (χ0n) is 10.9. The van der Waals surface area contributed by atoms with Crippen LogP contribution in [-0.4, -0.2) is 87.2 Å². The Balaban J connectivity index is 3.13. The third kappa shape index (κ3) is 1.59. The summed E-state index contributed by atoms with van der Waals surface area (Å²) < 4.78 is 0. The maximum absolute atomic E-state index is 4.32. The zero-order chi connectivity index (χ0) is 11.8. The molecule has 5 heteroatoms. The van der Waals surface area contributed by atoms with Crippen LogP contribution in [-0.2, 0) is 0 Å². The number of hydrogen-bond acceptors (Lipinski definition) is 3. The number of nitrogens with zero attached hydrogens (tertiary/aromatic N) is 5. The van der Waals surface area contributed by atoms with E-state index < -0.39 is 0 Å². The monoisotopic (exact) mass is 213 g/mol. The molecule has 0 amide bonds. The lowest BCUT2D eigenvalue weighted by atomic mass is 10.2. The first-order valence-electron chi connectivity index (χ1n) is 5.14. The van der Waals surface area contributed by atoms with E-state index in [-0.39, 0.29) is 5.79 Å². The lowest BCUT2D eigenvalue weighted by Crippen LogP contribution is -2.64. The minimum absolute atomic E-state index is 0.108. The summed E-state index contributed by atoms with van der Waals surface area (Å²) in [5.41, 5.74) is 0. The van der Waals surface area contributed by atoms with E-state index in [0.717, 1.165) is 12.5 Å². The normalized spacial score (nSPS) is 23.7. The van der Waals surface area contributed by atoms with E-state index in [2.05, 4.69) is 66.9 Å². The highest BCUT2D eigenvalue weighted by Gasteiger charge is 2.48. The van der Waals surface area contributed by atoms with Crippen molar-refractivity contribution in [2.75, 3.05) is 55.9 Å². The predicted molar refractivity (Wildman–Crippen MR) is 63.9 cm³/mol. The van der Waals surface area contributed by atoms with Gasteiger partial charge in [-0.15, -0.1) is 0 Å². The first-order valence-corrected chi connectivity index (χ1v) is 5.14. The van der Waals surface area contributed by atoms with E-state index in [4.69, 9.17) is 0 Å². The molecule has 0 aromatic heterocycles.